The smallest absolute Gasteiger partial charge is 0.273 e. The molecule has 1 aromatic heterocycles. The summed E-state index contributed by atoms with van der Waals surface area (Å²) in [6.07, 6.45) is 1.37. The fraction of sp³-hybridized carbons (Fsp3) is 0.105. The lowest BCUT2D eigenvalue weighted by Gasteiger charge is -2.11. The van der Waals surface area contributed by atoms with E-state index in [9.17, 15) is 14.0 Å². The van der Waals surface area contributed by atoms with Gasteiger partial charge in [-0.25, -0.2) is 9.07 Å². The predicted molar refractivity (Wildman–Crippen MR) is 101 cm³/mol. The van der Waals surface area contributed by atoms with Crippen molar-refractivity contribution >= 4 is 23.4 Å². The highest BCUT2D eigenvalue weighted by molar-refractivity contribution is 6.30. The van der Waals surface area contributed by atoms with Gasteiger partial charge >= 0.3 is 0 Å². The number of aromatic nitrogens is 2. The SMILES string of the molecule is COc1ccc(Cl)cc1-n1ncc(C(=O)NNC(=O)c2ccc(F)cc2)c1C. The largest absolute Gasteiger partial charge is 0.494 e. The first kappa shape index (κ1) is 19.4. The van der Waals surface area contributed by atoms with Gasteiger partial charge in [-0.05, 0) is 49.4 Å². The van der Waals surface area contributed by atoms with Gasteiger partial charge in [0, 0.05) is 10.6 Å². The Morgan fingerprint density at radius 1 is 1.11 bits per heavy atom. The predicted octanol–water partition coefficient (Wildman–Crippen LogP) is 3.06. The maximum absolute atomic E-state index is 12.9. The van der Waals surface area contributed by atoms with E-state index in [0.717, 1.165) is 12.1 Å². The number of nitrogens with one attached hydrogen (secondary N) is 2. The molecule has 3 rings (SSSR count). The molecule has 3 aromatic rings. The maximum atomic E-state index is 12.9. The number of carbonyl (C=O) groups is 2. The Bertz CT molecular complexity index is 1030. The van der Waals surface area contributed by atoms with Crippen molar-refractivity contribution in [3.63, 3.8) is 0 Å². The minimum Gasteiger partial charge on any atom is -0.494 e. The Labute approximate surface area is 165 Å². The second kappa shape index (κ2) is 8.10. The molecule has 0 spiro atoms. The Morgan fingerprint density at radius 2 is 1.79 bits per heavy atom. The van der Waals surface area contributed by atoms with Gasteiger partial charge in [-0.3, -0.25) is 20.4 Å². The third-order valence-electron chi connectivity index (χ3n) is 4.02. The molecule has 28 heavy (non-hydrogen) atoms. The molecule has 0 aliphatic heterocycles. The van der Waals surface area contributed by atoms with E-state index in [1.165, 1.54) is 30.1 Å². The maximum Gasteiger partial charge on any atom is 0.273 e. The number of carbonyl (C=O) groups excluding carboxylic acids is 2. The van der Waals surface area contributed by atoms with Crippen LogP contribution in [0.4, 0.5) is 4.39 Å². The summed E-state index contributed by atoms with van der Waals surface area (Å²) in [5, 5.41) is 4.70. The van der Waals surface area contributed by atoms with E-state index in [2.05, 4.69) is 16.0 Å². The van der Waals surface area contributed by atoms with Crippen LogP contribution in [0, 0.1) is 12.7 Å². The van der Waals surface area contributed by atoms with Crippen LogP contribution in [0.25, 0.3) is 5.69 Å². The van der Waals surface area contributed by atoms with Crippen molar-refractivity contribution in [1.82, 2.24) is 20.6 Å². The van der Waals surface area contributed by atoms with Crippen molar-refractivity contribution in [2.24, 2.45) is 0 Å². The molecule has 0 unspecified atom stereocenters. The fourth-order valence-electron chi connectivity index (χ4n) is 2.56. The molecule has 0 radical (unpaired) electrons. The lowest BCUT2D eigenvalue weighted by Crippen LogP contribution is -2.41. The highest BCUT2D eigenvalue weighted by atomic mass is 35.5. The lowest BCUT2D eigenvalue weighted by molar-refractivity contribution is 0.0846. The number of methoxy groups -OCH3 is 1. The second-order valence-corrected chi connectivity index (χ2v) is 6.22. The molecule has 0 saturated heterocycles. The molecule has 2 N–H and O–H groups in total. The summed E-state index contributed by atoms with van der Waals surface area (Å²) < 4.78 is 19.8. The van der Waals surface area contributed by atoms with Crippen LogP contribution in [0.2, 0.25) is 5.02 Å². The normalized spacial score (nSPS) is 10.4. The minimum atomic E-state index is -0.574. The summed E-state index contributed by atoms with van der Waals surface area (Å²) in [6, 6.07) is 9.98. The topological polar surface area (TPSA) is 85.2 Å². The van der Waals surface area contributed by atoms with Crippen LogP contribution in [-0.4, -0.2) is 28.7 Å². The first-order valence-corrected chi connectivity index (χ1v) is 8.53. The first-order chi connectivity index (χ1) is 13.4. The average molecular weight is 403 g/mol. The monoisotopic (exact) mass is 402 g/mol. The lowest BCUT2D eigenvalue weighted by atomic mass is 10.2. The first-order valence-electron chi connectivity index (χ1n) is 8.15. The number of halogens is 2. The number of hydrogen-bond donors (Lipinski definition) is 2. The number of hydrazine groups is 1. The van der Waals surface area contributed by atoms with E-state index < -0.39 is 17.6 Å². The zero-order valence-electron chi connectivity index (χ0n) is 15.0. The Balaban J connectivity index is 1.76. The second-order valence-electron chi connectivity index (χ2n) is 5.79. The summed E-state index contributed by atoms with van der Waals surface area (Å²) in [5.41, 5.74) is 6.15. The molecule has 0 aliphatic carbocycles. The van der Waals surface area contributed by atoms with Crippen molar-refractivity contribution in [2.75, 3.05) is 7.11 Å². The van der Waals surface area contributed by atoms with E-state index in [0.29, 0.717) is 22.2 Å². The van der Waals surface area contributed by atoms with Gasteiger partial charge in [0.25, 0.3) is 11.8 Å². The standard InChI is InChI=1S/C19H16ClFN4O3/c1-11-15(10-22-25(11)16-9-13(20)5-8-17(16)28-2)19(27)24-23-18(26)12-3-6-14(21)7-4-12/h3-10H,1-2H3,(H,23,26)(H,24,27). The Kier molecular flexibility index (Phi) is 5.60. The van der Waals surface area contributed by atoms with Crippen LogP contribution >= 0.6 is 11.6 Å². The number of hydrogen-bond acceptors (Lipinski definition) is 4. The van der Waals surface area contributed by atoms with E-state index in [4.69, 9.17) is 16.3 Å². The van der Waals surface area contributed by atoms with Gasteiger partial charge < -0.3 is 4.74 Å². The van der Waals surface area contributed by atoms with Crippen molar-refractivity contribution in [3.8, 4) is 11.4 Å². The van der Waals surface area contributed by atoms with Gasteiger partial charge in [0.1, 0.15) is 17.3 Å². The van der Waals surface area contributed by atoms with Crippen molar-refractivity contribution in [2.45, 2.75) is 6.92 Å². The van der Waals surface area contributed by atoms with Crippen molar-refractivity contribution < 1.29 is 18.7 Å². The van der Waals surface area contributed by atoms with Crippen molar-refractivity contribution in [3.05, 3.63) is 76.3 Å². The van der Waals surface area contributed by atoms with Gasteiger partial charge in [-0.1, -0.05) is 11.6 Å². The number of rotatable bonds is 4. The number of ether oxygens (including phenoxy) is 1. The third-order valence-corrected chi connectivity index (χ3v) is 4.25. The molecule has 2 aromatic carbocycles. The third kappa shape index (κ3) is 3.96. The van der Waals surface area contributed by atoms with Crippen LogP contribution < -0.4 is 15.6 Å². The quantitative estimate of drug-likeness (QED) is 0.657. The summed E-state index contributed by atoms with van der Waals surface area (Å²) in [4.78, 5) is 24.4. The molecule has 0 fully saturated rings. The molecule has 144 valence electrons. The summed E-state index contributed by atoms with van der Waals surface area (Å²) >= 11 is 6.05. The molecule has 1 heterocycles. The van der Waals surface area contributed by atoms with E-state index in [1.54, 1.807) is 25.1 Å². The zero-order valence-corrected chi connectivity index (χ0v) is 15.7. The molecule has 7 nitrogen and oxygen atoms in total. The Morgan fingerprint density at radius 3 is 2.46 bits per heavy atom. The molecule has 0 saturated carbocycles. The highest BCUT2D eigenvalue weighted by Gasteiger charge is 2.18. The van der Waals surface area contributed by atoms with Crippen LogP contribution in [-0.2, 0) is 0 Å². The zero-order chi connectivity index (χ0) is 20.3. The van der Waals surface area contributed by atoms with E-state index in [-0.39, 0.29) is 11.1 Å². The van der Waals surface area contributed by atoms with Gasteiger partial charge in [0.2, 0.25) is 0 Å². The number of nitrogens with zero attached hydrogens (tertiary/aromatic N) is 2. The summed E-state index contributed by atoms with van der Waals surface area (Å²) in [5.74, 6) is -1.05. The number of benzene rings is 2. The molecular weight excluding hydrogens is 387 g/mol. The van der Waals surface area contributed by atoms with Gasteiger partial charge in [-0.2, -0.15) is 5.10 Å². The van der Waals surface area contributed by atoms with Crippen LogP contribution in [0.1, 0.15) is 26.4 Å². The highest BCUT2D eigenvalue weighted by Crippen LogP contribution is 2.27. The molecule has 0 aliphatic rings. The van der Waals surface area contributed by atoms with Crippen LogP contribution in [0.3, 0.4) is 0 Å². The average Bonchev–Trinajstić information content (AvgIpc) is 3.07. The summed E-state index contributed by atoms with van der Waals surface area (Å²) in [7, 11) is 1.52. The molecule has 0 bridgehead atoms. The fourth-order valence-corrected chi connectivity index (χ4v) is 2.72. The van der Waals surface area contributed by atoms with Crippen LogP contribution in [0.5, 0.6) is 5.75 Å². The van der Waals surface area contributed by atoms with E-state index >= 15 is 0 Å². The molecular formula is C19H16ClFN4O3. The van der Waals surface area contributed by atoms with Gasteiger partial charge in [-0.15, -0.1) is 0 Å². The molecule has 9 heteroatoms. The van der Waals surface area contributed by atoms with Crippen molar-refractivity contribution in [1.29, 1.82) is 0 Å². The summed E-state index contributed by atoms with van der Waals surface area (Å²) in [6.45, 7) is 1.70. The van der Waals surface area contributed by atoms with Gasteiger partial charge in [0.15, 0.2) is 0 Å². The molecule has 0 atom stereocenters. The van der Waals surface area contributed by atoms with Crippen LogP contribution in [0.15, 0.2) is 48.7 Å². The minimum absolute atomic E-state index is 0.206. The number of amides is 2. The Hall–Kier alpha value is -3.39. The van der Waals surface area contributed by atoms with E-state index in [1.807, 2.05) is 0 Å². The molecule has 2 amide bonds. The van der Waals surface area contributed by atoms with Gasteiger partial charge in [0.05, 0.1) is 24.6 Å².